The maximum absolute atomic E-state index is 14.0. The maximum atomic E-state index is 14.0. The van der Waals surface area contributed by atoms with Gasteiger partial charge in [0.15, 0.2) is 0 Å². The molecule has 36 heavy (non-hydrogen) atoms. The smallest absolute Gasteiger partial charge is 0.258 e. The van der Waals surface area contributed by atoms with Gasteiger partial charge in [-0.2, -0.15) is 0 Å². The van der Waals surface area contributed by atoms with Gasteiger partial charge in [0, 0.05) is 37.5 Å². The fourth-order valence-electron chi connectivity index (χ4n) is 4.88. The van der Waals surface area contributed by atoms with E-state index < -0.39 is 0 Å². The number of hydrogen-bond acceptors (Lipinski definition) is 2. The maximum Gasteiger partial charge on any atom is 0.258 e. The number of para-hydroxylation sites is 2. The summed E-state index contributed by atoms with van der Waals surface area (Å²) in [5, 5.41) is 0. The van der Waals surface area contributed by atoms with Gasteiger partial charge in [-0.25, -0.2) is 0 Å². The molecule has 5 rings (SSSR count). The zero-order valence-corrected chi connectivity index (χ0v) is 22.8. The summed E-state index contributed by atoms with van der Waals surface area (Å²) in [4.78, 5) is 31.4. The number of halogens is 2. The van der Waals surface area contributed by atoms with Crippen LogP contribution in [0.5, 0.6) is 0 Å². The quantitative estimate of drug-likeness (QED) is 0.237. The first kappa shape index (κ1) is 24.5. The monoisotopic (exact) mass is 602 g/mol. The van der Waals surface area contributed by atoms with Crippen LogP contribution in [0.1, 0.15) is 45.7 Å². The van der Waals surface area contributed by atoms with Crippen molar-refractivity contribution in [1.82, 2.24) is 0 Å². The molecule has 0 radical (unpaired) electrons. The number of anilines is 2. The Balaban J connectivity index is 1.61. The van der Waals surface area contributed by atoms with Crippen LogP contribution in [-0.2, 0) is 0 Å². The third-order valence-electron chi connectivity index (χ3n) is 6.49. The van der Waals surface area contributed by atoms with E-state index in [0.717, 1.165) is 25.9 Å². The van der Waals surface area contributed by atoms with Crippen LogP contribution < -0.4 is 9.80 Å². The predicted octanol–water partition coefficient (Wildman–Crippen LogP) is 8.04. The third kappa shape index (κ3) is 4.75. The van der Waals surface area contributed by atoms with Crippen LogP contribution in [0.15, 0.2) is 112 Å². The molecule has 4 aromatic carbocycles. The average molecular weight is 604 g/mol. The van der Waals surface area contributed by atoms with Gasteiger partial charge in [0.05, 0.1) is 6.04 Å². The lowest BCUT2D eigenvalue weighted by Gasteiger charge is -2.43. The number of carbonyl (C=O) groups excluding carboxylic acids is 2. The molecule has 2 atom stereocenters. The van der Waals surface area contributed by atoms with Crippen LogP contribution in [0.25, 0.3) is 0 Å². The molecule has 1 aliphatic heterocycles. The first-order valence-electron chi connectivity index (χ1n) is 11.8. The highest BCUT2D eigenvalue weighted by atomic mass is 79.9. The molecule has 1 aliphatic rings. The topological polar surface area (TPSA) is 40.6 Å². The number of hydrogen-bond donors (Lipinski definition) is 0. The second-order valence-electron chi connectivity index (χ2n) is 8.87. The van der Waals surface area contributed by atoms with E-state index in [1.807, 2.05) is 120 Å². The van der Waals surface area contributed by atoms with Gasteiger partial charge in [0.25, 0.3) is 11.8 Å². The Morgan fingerprint density at radius 3 is 2.08 bits per heavy atom. The van der Waals surface area contributed by atoms with Gasteiger partial charge < -0.3 is 9.80 Å². The van der Waals surface area contributed by atoms with Gasteiger partial charge in [-0.1, -0.05) is 80.4 Å². The molecule has 0 saturated carbocycles. The lowest BCUT2D eigenvalue weighted by molar-refractivity contribution is 0.0965. The normalized spacial score (nSPS) is 16.8. The molecular weight excluding hydrogens is 580 g/mol. The van der Waals surface area contributed by atoms with E-state index in [4.69, 9.17) is 0 Å². The molecule has 4 nitrogen and oxygen atoms in total. The molecule has 2 amide bonds. The summed E-state index contributed by atoms with van der Waals surface area (Å²) in [7, 11) is 0. The van der Waals surface area contributed by atoms with Crippen LogP contribution in [0.4, 0.5) is 11.4 Å². The molecule has 180 valence electrons. The summed E-state index contributed by atoms with van der Waals surface area (Å²) < 4.78 is 1.71. The molecule has 1 heterocycles. The number of carbonyl (C=O) groups is 2. The lowest BCUT2D eigenvalue weighted by atomic mass is 9.89. The minimum atomic E-state index is -0.239. The molecule has 0 spiro atoms. The molecule has 0 bridgehead atoms. The van der Waals surface area contributed by atoms with Gasteiger partial charge in [0.1, 0.15) is 0 Å². The van der Waals surface area contributed by atoms with Crippen molar-refractivity contribution in [2.24, 2.45) is 0 Å². The Hall–Kier alpha value is -3.22. The molecule has 0 aliphatic carbocycles. The Bertz CT molecular complexity index is 1420. The number of fused-ring (bicyclic) bond motifs is 1. The van der Waals surface area contributed by atoms with E-state index in [2.05, 4.69) is 31.9 Å². The van der Waals surface area contributed by atoms with Crippen molar-refractivity contribution in [2.75, 3.05) is 9.80 Å². The molecule has 4 aromatic rings. The highest BCUT2D eigenvalue weighted by molar-refractivity contribution is 9.10. The van der Waals surface area contributed by atoms with Gasteiger partial charge in [-0.3, -0.25) is 9.59 Å². The standard InChI is InChI=1S/C30H24Br2N2O2/c1-20-17-28(34(25-13-3-2-4-14-25)30(36)22-10-8-12-24(32)19-22)26-15-5-6-16-27(26)33(20)29(35)21-9-7-11-23(31)18-21/h2-16,18-20,28H,17H2,1H3/t20-,28-/m1/s1. The fraction of sp³-hybridized carbons (Fsp3) is 0.133. The van der Waals surface area contributed by atoms with E-state index in [1.54, 1.807) is 0 Å². The molecule has 6 heteroatoms. The second-order valence-corrected chi connectivity index (χ2v) is 10.7. The molecule has 0 unspecified atom stereocenters. The minimum absolute atomic E-state index is 0.0562. The van der Waals surface area contributed by atoms with E-state index in [9.17, 15) is 9.59 Å². The van der Waals surface area contributed by atoms with Crippen molar-refractivity contribution >= 4 is 55.0 Å². The van der Waals surface area contributed by atoms with Crippen molar-refractivity contribution in [1.29, 1.82) is 0 Å². The van der Waals surface area contributed by atoms with Crippen LogP contribution in [0, 0.1) is 0 Å². The van der Waals surface area contributed by atoms with Crippen molar-refractivity contribution in [3.63, 3.8) is 0 Å². The largest absolute Gasteiger partial charge is 0.305 e. The highest BCUT2D eigenvalue weighted by Crippen LogP contribution is 2.43. The summed E-state index contributed by atoms with van der Waals surface area (Å²) in [6, 6.07) is 32.2. The van der Waals surface area contributed by atoms with E-state index in [0.29, 0.717) is 17.5 Å². The Morgan fingerprint density at radius 2 is 1.39 bits per heavy atom. The van der Waals surface area contributed by atoms with Gasteiger partial charge >= 0.3 is 0 Å². The van der Waals surface area contributed by atoms with E-state index in [-0.39, 0.29) is 23.9 Å². The van der Waals surface area contributed by atoms with Crippen molar-refractivity contribution in [2.45, 2.75) is 25.4 Å². The molecule has 0 N–H and O–H groups in total. The predicted molar refractivity (Wildman–Crippen MR) is 152 cm³/mol. The summed E-state index contributed by atoms with van der Waals surface area (Å²) >= 11 is 6.98. The van der Waals surface area contributed by atoms with Gasteiger partial charge in [0.2, 0.25) is 0 Å². The molecule has 0 aromatic heterocycles. The minimum Gasteiger partial charge on any atom is -0.305 e. The Kier molecular flexibility index (Phi) is 7.08. The van der Waals surface area contributed by atoms with Gasteiger partial charge in [-0.15, -0.1) is 0 Å². The van der Waals surface area contributed by atoms with Crippen LogP contribution in [-0.4, -0.2) is 17.9 Å². The molecule has 0 saturated heterocycles. The fourth-order valence-corrected chi connectivity index (χ4v) is 5.68. The number of benzene rings is 4. The van der Waals surface area contributed by atoms with Crippen molar-refractivity contribution in [3.05, 3.63) is 129 Å². The average Bonchev–Trinajstić information content (AvgIpc) is 2.89. The van der Waals surface area contributed by atoms with Crippen molar-refractivity contribution in [3.8, 4) is 0 Å². The highest BCUT2D eigenvalue weighted by Gasteiger charge is 2.39. The summed E-state index contributed by atoms with van der Waals surface area (Å²) in [6.07, 6.45) is 0.603. The number of amides is 2. The Morgan fingerprint density at radius 1 is 0.778 bits per heavy atom. The lowest BCUT2D eigenvalue weighted by Crippen LogP contribution is -2.47. The zero-order valence-electron chi connectivity index (χ0n) is 19.6. The summed E-state index contributed by atoms with van der Waals surface area (Å²) in [5.74, 6) is -0.138. The first-order valence-corrected chi connectivity index (χ1v) is 13.3. The third-order valence-corrected chi connectivity index (χ3v) is 7.47. The Labute approximate surface area is 227 Å². The van der Waals surface area contributed by atoms with E-state index in [1.165, 1.54) is 0 Å². The second kappa shape index (κ2) is 10.4. The molecule has 0 fully saturated rings. The number of nitrogens with zero attached hydrogens (tertiary/aromatic N) is 2. The SMILES string of the molecule is C[C@@H]1C[C@@H](N(C(=O)c2cccc(Br)c2)c2ccccc2)c2ccccc2N1C(=O)c1cccc(Br)c1. The van der Waals surface area contributed by atoms with Crippen LogP contribution >= 0.6 is 31.9 Å². The summed E-state index contributed by atoms with van der Waals surface area (Å²) in [5.41, 5.74) is 3.82. The van der Waals surface area contributed by atoms with Crippen LogP contribution in [0.2, 0.25) is 0 Å². The van der Waals surface area contributed by atoms with Gasteiger partial charge in [-0.05, 0) is 73.5 Å². The summed E-state index contributed by atoms with van der Waals surface area (Å²) in [6.45, 7) is 2.05. The van der Waals surface area contributed by atoms with E-state index >= 15 is 0 Å². The first-order chi connectivity index (χ1) is 17.4. The zero-order chi connectivity index (χ0) is 25.2. The van der Waals surface area contributed by atoms with Crippen molar-refractivity contribution < 1.29 is 9.59 Å². The van der Waals surface area contributed by atoms with Crippen LogP contribution in [0.3, 0.4) is 0 Å². The molecular formula is C30H24Br2N2O2. The number of rotatable bonds is 4.